The molecule has 0 saturated carbocycles. The SMILES string of the molecule is Cc1cnc(N2CCN(C(=O)c3ccc([C@@H]4C(=O)NCC4C)nc3)CC2)c(C)c1.Cl.Cl. The standard InChI is InChI=1S/C22H27N5O2.2ClH/c1-14-10-15(2)20(24-11-14)26-6-8-27(9-7-26)22(29)17-4-5-18(23-13-17)19-16(3)12-25-21(19)28;;/h4-5,10-11,13,16,19H,6-9,12H2,1-3H3,(H,25,28);2*1H/t16?,19-;;/m1../s1. The monoisotopic (exact) mass is 465 g/mol. The van der Waals surface area contributed by atoms with Gasteiger partial charge in [-0.1, -0.05) is 13.0 Å². The molecule has 0 aromatic carbocycles. The van der Waals surface area contributed by atoms with Crippen molar-refractivity contribution in [2.45, 2.75) is 26.7 Å². The quantitative estimate of drug-likeness (QED) is 0.753. The van der Waals surface area contributed by atoms with E-state index in [1.807, 2.05) is 31.0 Å². The van der Waals surface area contributed by atoms with Crippen LogP contribution in [0.4, 0.5) is 5.82 Å². The van der Waals surface area contributed by atoms with Crippen molar-refractivity contribution in [3.63, 3.8) is 0 Å². The molecule has 2 atom stereocenters. The first kappa shape index (κ1) is 24.9. The van der Waals surface area contributed by atoms with Gasteiger partial charge in [-0.3, -0.25) is 14.6 Å². The first-order valence-corrected chi connectivity index (χ1v) is 10.1. The van der Waals surface area contributed by atoms with E-state index in [2.05, 4.69) is 33.2 Å². The van der Waals surface area contributed by atoms with Crippen LogP contribution >= 0.6 is 24.8 Å². The number of nitrogens with one attached hydrogen (secondary N) is 1. The summed E-state index contributed by atoms with van der Waals surface area (Å²) in [6, 6.07) is 5.74. The Hall–Kier alpha value is -2.38. The second-order valence-electron chi connectivity index (χ2n) is 8.10. The fraction of sp³-hybridized carbons (Fsp3) is 0.455. The molecule has 2 aliphatic heterocycles. The summed E-state index contributed by atoms with van der Waals surface area (Å²) in [5.74, 6) is 0.982. The van der Waals surface area contributed by atoms with Gasteiger partial charge in [0.25, 0.3) is 5.91 Å². The van der Waals surface area contributed by atoms with Crippen LogP contribution in [0.25, 0.3) is 0 Å². The molecule has 2 aromatic heterocycles. The van der Waals surface area contributed by atoms with Crippen LogP contribution in [0.5, 0.6) is 0 Å². The van der Waals surface area contributed by atoms with Crippen molar-refractivity contribution in [2.75, 3.05) is 37.6 Å². The minimum Gasteiger partial charge on any atom is -0.355 e. The van der Waals surface area contributed by atoms with Gasteiger partial charge in [0.1, 0.15) is 5.82 Å². The maximum absolute atomic E-state index is 12.9. The molecule has 2 fully saturated rings. The second kappa shape index (κ2) is 10.3. The van der Waals surface area contributed by atoms with Gasteiger partial charge in [-0.25, -0.2) is 4.98 Å². The largest absolute Gasteiger partial charge is 0.355 e. The second-order valence-corrected chi connectivity index (χ2v) is 8.10. The van der Waals surface area contributed by atoms with Crippen molar-refractivity contribution >= 4 is 42.4 Å². The summed E-state index contributed by atoms with van der Waals surface area (Å²) in [7, 11) is 0. The van der Waals surface area contributed by atoms with E-state index in [1.165, 1.54) is 0 Å². The average Bonchev–Trinajstić information content (AvgIpc) is 3.06. The number of aromatic nitrogens is 2. The molecule has 4 heterocycles. The van der Waals surface area contributed by atoms with E-state index in [1.54, 1.807) is 12.3 Å². The lowest BCUT2D eigenvalue weighted by atomic mass is 9.93. The van der Waals surface area contributed by atoms with Crippen molar-refractivity contribution in [1.82, 2.24) is 20.2 Å². The Kier molecular flexibility index (Phi) is 8.26. The number of hydrogen-bond acceptors (Lipinski definition) is 5. The third-order valence-electron chi connectivity index (χ3n) is 5.86. The highest BCUT2D eigenvalue weighted by Gasteiger charge is 2.34. The first-order valence-electron chi connectivity index (χ1n) is 10.1. The summed E-state index contributed by atoms with van der Waals surface area (Å²) in [5.41, 5.74) is 3.61. The van der Waals surface area contributed by atoms with Gasteiger partial charge in [0.05, 0.1) is 17.2 Å². The zero-order chi connectivity index (χ0) is 20.5. The van der Waals surface area contributed by atoms with Gasteiger partial charge >= 0.3 is 0 Å². The molecule has 9 heteroatoms. The lowest BCUT2D eigenvalue weighted by Gasteiger charge is -2.36. The Morgan fingerprint density at radius 3 is 2.32 bits per heavy atom. The minimum atomic E-state index is -0.229. The van der Waals surface area contributed by atoms with Crippen LogP contribution in [0.1, 0.15) is 40.0 Å². The summed E-state index contributed by atoms with van der Waals surface area (Å²) < 4.78 is 0. The Bertz CT molecular complexity index is 930. The normalized spacial score (nSPS) is 20.5. The molecule has 2 saturated heterocycles. The van der Waals surface area contributed by atoms with Crippen LogP contribution in [0.15, 0.2) is 30.6 Å². The minimum absolute atomic E-state index is 0. The van der Waals surface area contributed by atoms with Crippen LogP contribution in [0.3, 0.4) is 0 Å². The number of halogens is 2. The molecule has 1 N–H and O–H groups in total. The smallest absolute Gasteiger partial charge is 0.255 e. The Balaban J connectivity index is 0.00000171. The highest BCUT2D eigenvalue weighted by atomic mass is 35.5. The topological polar surface area (TPSA) is 78.4 Å². The number of carbonyl (C=O) groups is 2. The number of rotatable bonds is 3. The van der Waals surface area contributed by atoms with E-state index in [0.717, 1.165) is 35.7 Å². The number of piperazine rings is 1. The summed E-state index contributed by atoms with van der Waals surface area (Å²) in [4.78, 5) is 38.0. The molecule has 168 valence electrons. The molecule has 7 nitrogen and oxygen atoms in total. The molecule has 1 unspecified atom stereocenters. The van der Waals surface area contributed by atoms with Gasteiger partial charge in [-0.2, -0.15) is 0 Å². The number of anilines is 1. The summed E-state index contributed by atoms with van der Waals surface area (Å²) >= 11 is 0. The highest BCUT2D eigenvalue weighted by molar-refractivity contribution is 5.94. The number of carbonyl (C=O) groups excluding carboxylic acids is 2. The average molecular weight is 466 g/mol. The fourth-order valence-electron chi connectivity index (χ4n) is 4.23. The summed E-state index contributed by atoms with van der Waals surface area (Å²) in [5, 5.41) is 2.87. The van der Waals surface area contributed by atoms with Crippen molar-refractivity contribution in [2.24, 2.45) is 5.92 Å². The van der Waals surface area contributed by atoms with Crippen molar-refractivity contribution in [1.29, 1.82) is 0 Å². The molecule has 0 radical (unpaired) electrons. The predicted octanol–water partition coefficient (Wildman–Crippen LogP) is 2.75. The maximum atomic E-state index is 12.9. The molecule has 4 rings (SSSR count). The fourth-order valence-corrected chi connectivity index (χ4v) is 4.23. The molecular weight excluding hydrogens is 437 g/mol. The summed E-state index contributed by atoms with van der Waals surface area (Å²) in [6.45, 7) is 9.64. The number of pyridine rings is 2. The van der Waals surface area contributed by atoms with Crippen LogP contribution in [-0.2, 0) is 4.79 Å². The van der Waals surface area contributed by atoms with Gasteiger partial charge < -0.3 is 15.1 Å². The van der Waals surface area contributed by atoms with E-state index in [-0.39, 0.29) is 48.5 Å². The Labute approximate surface area is 195 Å². The maximum Gasteiger partial charge on any atom is 0.255 e. The number of amides is 2. The number of aryl methyl sites for hydroxylation is 2. The molecule has 2 aliphatic rings. The van der Waals surface area contributed by atoms with Crippen LogP contribution in [0.2, 0.25) is 0 Å². The molecule has 0 spiro atoms. The van der Waals surface area contributed by atoms with Gasteiger partial charge in [0.15, 0.2) is 0 Å². The number of hydrogen-bond donors (Lipinski definition) is 1. The lowest BCUT2D eigenvalue weighted by Crippen LogP contribution is -2.49. The van der Waals surface area contributed by atoms with Crippen LogP contribution < -0.4 is 10.2 Å². The van der Waals surface area contributed by atoms with Crippen molar-refractivity contribution in [3.05, 3.63) is 53.0 Å². The zero-order valence-corrected chi connectivity index (χ0v) is 19.6. The molecular formula is C22H29Cl2N5O2. The third-order valence-corrected chi connectivity index (χ3v) is 5.86. The Morgan fingerprint density at radius 2 is 1.77 bits per heavy atom. The van der Waals surface area contributed by atoms with Crippen molar-refractivity contribution < 1.29 is 9.59 Å². The third kappa shape index (κ3) is 5.10. The zero-order valence-electron chi connectivity index (χ0n) is 18.0. The molecule has 2 amide bonds. The Morgan fingerprint density at radius 1 is 1.06 bits per heavy atom. The lowest BCUT2D eigenvalue weighted by molar-refractivity contribution is -0.120. The van der Waals surface area contributed by atoms with Gasteiger partial charge in [-0.05, 0) is 43.0 Å². The number of nitrogens with zero attached hydrogens (tertiary/aromatic N) is 4. The van der Waals surface area contributed by atoms with Crippen molar-refractivity contribution in [3.8, 4) is 0 Å². The van der Waals surface area contributed by atoms with E-state index in [4.69, 9.17) is 0 Å². The first-order chi connectivity index (χ1) is 13.9. The molecule has 31 heavy (non-hydrogen) atoms. The molecule has 2 aromatic rings. The van der Waals surface area contributed by atoms with Gasteiger partial charge in [-0.15, -0.1) is 24.8 Å². The predicted molar refractivity (Wildman–Crippen MR) is 125 cm³/mol. The van der Waals surface area contributed by atoms with Crippen LogP contribution in [-0.4, -0.2) is 59.4 Å². The summed E-state index contributed by atoms with van der Waals surface area (Å²) in [6.07, 6.45) is 3.49. The van der Waals surface area contributed by atoms with E-state index < -0.39 is 0 Å². The molecule has 0 bridgehead atoms. The van der Waals surface area contributed by atoms with Gasteiger partial charge in [0.2, 0.25) is 5.91 Å². The van der Waals surface area contributed by atoms with E-state index in [0.29, 0.717) is 25.2 Å². The highest BCUT2D eigenvalue weighted by Crippen LogP contribution is 2.27. The molecule has 0 aliphatic carbocycles. The van der Waals surface area contributed by atoms with Gasteiger partial charge in [0, 0.05) is 45.1 Å². The van der Waals surface area contributed by atoms with E-state index >= 15 is 0 Å². The van der Waals surface area contributed by atoms with E-state index in [9.17, 15) is 9.59 Å². The van der Waals surface area contributed by atoms with Crippen LogP contribution in [0, 0.1) is 19.8 Å².